The first-order valence-corrected chi connectivity index (χ1v) is 15.2. The molecule has 0 aromatic heterocycles. The average molecular weight is 541 g/mol. The molecule has 0 saturated carbocycles. The van der Waals surface area contributed by atoms with E-state index < -0.39 is 15.1 Å². The summed E-state index contributed by atoms with van der Waals surface area (Å²) in [4.78, 5) is 11.3. The Kier molecular flexibility index (Phi) is 15.6. The largest absolute Gasteiger partial charge is 0.462 e. The van der Waals surface area contributed by atoms with Crippen LogP contribution in [0.5, 0.6) is 0 Å². The normalized spacial score (nSPS) is 14.3. The smallest absolute Gasteiger partial charge is 0.302 e. The first-order valence-electron chi connectivity index (χ1n) is 13.6. The Hall–Kier alpha value is -2.66. The highest BCUT2D eigenvalue weighted by atomic mass is 32.2. The highest BCUT2D eigenvalue weighted by Crippen LogP contribution is 2.25. The summed E-state index contributed by atoms with van der Waals surface area (Å²) in [5.41, 5.74) is 6.02. The molecule has 5 heteroatoms. The van der Waals surface area contributed by atoms with E-state index in [2.05, 4.69) is 39.0 Å². The molecule has 1 aromatic rings. The maximum Gasteiger partial charge on any atom is 0.302 e. The summed E-state index contributed by atoms with van der Waals surface area (Å²) in [6, 6.07) is 8.75. The molecule has 1 unspecified atom stereocenters. The molecule has 0 heterocycles. The van der Waals surface area contributed by atoms with Gasteiger partial charge in [-0.15, -0.1) is 0 Å². The highest BCUT2D eigenvalue weighted by Gasteiger charge is 2.25. The summed E-state index contributed by atoms with van der Waals surface area (Å²) >= 11 is 0. The molecule has 0 amide bonds. The van der Waals surface area contributed by atoms with Crippen molar-refractivity contribution in [3.8, 4) is 0 Å². The van der Waals surface area contributed by atoms with Crippen molar-refractivity contribution in [3.05, 3.63) is 88.6 Å². The number of hydrogen-bond donors (Lipinski definition) is 0. The van der Waals surface area contributed by atoms with Gasteiger partial charge in [0.15, 0.2) is 9.84 Å². The first-order chi connectivity index (χ1) is 17.9. The molecule has 0 radical (unpaired) electrons. The summed E-state index contributed by atoms with van der Waals surface area (Å²) < 4.78 is 32.1. The second-order valence-electron chi connectivity index (χ2n) is 10.5. The van der Waals surface area contributed by atoms with Crippen LogP contribution in [-0.4, -0.2) is 26.2 Å². The maximum atomic E-state index is 13.6. The van der Waals surface area contributed by atoms with Gasteiger partial charge >= 0.3 is 5.97 Å². The molecule has 210 valence electrons. The van der Waals surface area contributed by atoms with Crippen molar-refractivity contribution in [3.63, 3.8) is 0 Å². The van der Waals surface area contributed by atoms with Gasteiger partial charge in [-0.1, -0.05) is 70.4 Å². The molecule has 0 spiro atoms. The number of rotatable bonds is 16. The van der Waals surface area contributed by atoms with Gasteiger partial charge in [-0.3, -0.25) is 4.79 Å². The van der Waals surface area contributed by atoms with E-state index in [0.717, 1.165) is 55.2 Å². The molecule has 1 rings (SSSR count). The van der Waals surface area contributed by atoms with E-state index in [9.17, 15) is 13.2 Å². The number of carbonyl (C=O) groups excluding carboxylic acids is 1. The Labute approximate surface area is 232 Å². The van der Waals surface area contributed by atoms with Crippen LogP contribution >= 0.6 is 0 Å². The van der Waals surface area contributed by atoms with Crippen LogP contribution in [0.25, 0.3) is 0 Å². The summed E-state index contributed by atoms with van der Waals surface area (Å²) in [5, 5.41) is -0.607. The number of hydrogen-bond acceptors (Lipinski definition) is 4. The zero-order valence-electron chi connectivity index (χ0n) is 24.5. The second-order valence-corrected chi connectivity index (χ2v) is 12.6. The Morgan fingerprint density at radius 3 is 1.84 bits per heavy atom. The quantitative estimate of drug-likeness (QED) is 0.155. The van der Waals surface area contributed by atoms with Crippen molar-refractivity contribution in [2.45, 2.75) is 104 Å². The fraction of sp³-hybridized carbons (Fsp3) is 0.485. The Balaban J connectivity index is 2.94. The van der Waals surface area contributed by atoms with E-state index in [0.29, 0.717) is 11.3 Å². The highest BCUT2D eigenvalue weighted by molar-refractivity contribution is 7.92. The minimum absolute atomic E-state index is 0.287. The van der Waals surface area contributed by atoms with Gasteiger partial charge in [0.1, 0.15) is 6.61 Å². The topological polar surface area (TPSA) is 60.4 Å². The van der Waals surface area contributed by atoms with E-state index in [1.807, 2.05) is 39.0 Å². The standard InChI is InChI=1S/C33H48O4S/c1-26(2)14-11-15-27(3)16-12-18-29(5)24-33(38(35,36)32-20-9-8-10-21-32)25-30(6)19-13-17-28(4)22-23-37-31(7)34/h8-10,14,16,19-22,24,33H,11-13,15,17-18,23,25H2,1-7H3/b27-16+,28-22+,29-24+,30-19+. The molecular formula is C33H48O4S. The van der Waals surface area contributed by atoms with Crippen LogP contribution in [0.1, 0.15) is 93.4 Å². The van der Waals surface area contributed by atoms with Crippen molar-refractivity contribution in [2.75, 3.05) is 6.61 Å². The van der Waals surface area contributed by atoms with Crippen LogP contribution < -0.4 is 0 Å². The van der Waals surface area contributed by atoms with Crippen molar-refractivity contribution >= 4 is 15.8 Å². The molecule has 4 nitrogen and oxygen atoms in total. The van der Waals surface area contributed by atoms with Gasteiger partial charge in [0.25, 0.3) is 0 Å². The number of ether oxygens (including phenoxy) is 1. The minimum Gasteiger partial charge on any atom is -0.462 e. The molecule has 1 aromatic carbocycles. The summed E-state index contributed by atoms with van der Waals surface area (Å²) in [6.45, 7) is 14.2. The van der Waals surface area contributed by atoms with Gasteiger partial charge in [-0.25, -0.2) is 8.42 Å². The molecule has 0 aliphatic rings. The zero-order chi connectivity index (χ0) is 28.6. The molecule has 38 heavy (non-hydrogen) atoms. The van der Waals surface area contributed by atoms with Crippen molar-refractivity contribution in [2.24, 2.45) is 0 Å². The van der Waals surface area contributed by atoms with Gasteiger partial charge in [0.05, 0.1) is 10.1 Å². The Morgan fingerprint density at radius 2 is 1.26 bits per heavy atom. The Bertz CT molecular complexity index is 1130. The molecule has 0 bridgehead atoms. The van der Waals surface area contributed by atoms with Gasteiger partial charge in [-0.05, 0) is 105 Å². The van der Waals surface area contributed by atoms with Crippen molar-refractivity contribution in [1.82, 2.24) is 0 Å². The van der Waals surface area contributed by atoms with Crippen molar-refractivity contribution in [1.29, 1.82) is 0 Å². The fourth-order valence-electron chi connectivity index (χ4n) is 4.03. The molecule has 1 atom stereocenters. The van der Waals surface area contributed by atoms with Gasteiger partial charge in [0, 0.05) is 6.92 Å². The molecule has 0 N–H and O–H groups in total. The molecule has 0 saturated heterocycles. The van der Waals surface area contributed by atoms with E-state index in [-0.39, 0.29) is 12.6 Å². The predicted octanol–water partition coefficient (Wildman–Crippen LogP) is 8.87. The number of benzene rings is 1. The van der Waals surface area contributed by atoms with E-state index in [1.165, 1.54) is 18.1 Å². The summed E-state index contributed by atoms with van der Waals surface area (Å²) in [7, 11) is -3.51. The first kappa shape index (κ1) is 33.4. The van der Waals surface area contributed by atoms with Gasteiger partial charge in [0.2, 0.25) is 0 Å². The van der Waals surface area contributed by atoms with Crippen LogP contribution in [0.15, 0.2) is 93.5 Å². The predicted molar refractivity (Wildman–Crippen MR) is 161 cm³/mol. The minimum atomic E-state index is -3.51. The second kappa shape index (κ2) is 17.8. The summed E-state index contributed by atoms with van der Waals surface area (Å²) in [6.07, 6.45) is 16.5. The van der Waals surface area contributed by atoms with E-state index in [1.54, 1.807) is 24.3 Å². The fourth-order valence-corrected chi connectivity index (χ4v) is 5.81. The maximum absolute atomic E-state index is 13.6. The third-order valence-electron chi connectivity index (χ3n) is 6.34. The van der Waals surface area contributed by atoms with E-state index >= 15 is 0 Å². The Morgan fingerprint density at radius 1 is 0.737 bits per heavy atom. The summed E-state index contributed by atoms with van der Waals surface area (Å²) in [5.74, 6) is -0.288. The van der Waals surface area contributed by atoms with Gasteiger partial charge in [-0.2, -0.15) is 0 Å². The van der Waals surface area contributed by atoms with Crippen molar-refractivity contribution < 1.29 is 17.9 Å². The number of carbonyl (C=O) groups is 1. The van der Waals surface area contributed by atoms with Gasteiger partial charge < -0.3 is 4.74 Å². The molecule has 0 aliphatic heterocycles. The van der Waals surface area contributed by atoms with Crippen LogP contribution in [-0.2, 0) is 19.4 Å². The number of allylic oxidation sites excluding steroid dienone is 8. The van der Waals surface area contributed by atoms with Crippen LogP contribution in [0.4, 0.5) is 0 Å². The zero-order valence-corrected chi connectivity index (χ0v) is 25.4. The van der Waals surface area contributed by atoms with Crippen LogP contribution in [0.3, 0.4) is 0 Å². The van der Waals surface area contributed by atoms with E-state index in [4.69, 9.17) is 4.74 Å². The number of esters is 1. The SMILES string of the molecule is CC(=O)OC/C=C(\C)CC/C=C(\C)CC(/C=C(\C)CC/C=C(\C)CCC=C(C)C)S(=O)(=O)c1ccccc1. The molecule has 0 fully saturated rings. The van der Waals surface area contributed by atoms with Crippen LogP contribution in [0, 0.1) is 0 Å². The average Bonchev–Trinajstić information content (AvgIpc) is 2.83. The molecule has 0 aliphatic carbocycles. The third kappa shape index (κ3) is 14.3. The lowest BCUT2D eigenvalue weighted by atomic mass is 10.0. The van der Waals surface area contributed by atoms with Crippen LogP contribution in [0.2, 0.25) is 0 Å². The molecular weight excluding hydrogens is 492 g/mol. The third-order valence-corrected chi connectivity index (χ3v) is 8.37. The lowest BCUT2D eigenvalue weighted by molar-refractivity contribution is -0.139. The monoisotopic (exact) mass is 540 g/mol. The lowest BCUT2D eigenvalue weighted by Crippen LogP contribution is -2.20. The lowest BCUT2D eigenvalue weighted by Gasteiger charge is -2.16. The number of sulfone groups is 1.